The Morgan fingerprint density at radius 2 is 1.91 bits per heavy atom. The fourth-order valence-electron chi connectivity index (χ4n) is 2.59. The monoisotopic (exact) mass is 377 g/mol. The maximum Gasteiger partial charge on any atom is 0.222 e. The highest BCUT2D eigenvalue weighted by atomic mass is 79.9. The Labute approximate surface area is 146 Å². The van der Waals surface area contributed by atoms with Gasteiger partial charge in [-0.15, -0.1) is 0 Å². The highest BCUT2D eigenvalue weighted by Gasteiger charge is 2.14. The number of aryl methyl sites for hydroxylation is 3. The molecule has 0 aliphatic carbocycles. The van der Waals surface area contributed by atoms with Gasteiger partial charge in [0, 0.05) is 12.1 Å². The Balaban J connectivity index is 1.95. The number of carbonyl (C=O) groups excluding carboxylic acids is 1. The Kier molecular flexibility index (Phi) is 5.99. The topological polar surface area (TPSA) is 46.9 Å². The summed E-state index contributed by atoms with van der Waals surface area (Å²) in [6.07, 6.45) is 1.30. The highest BCUT2D eigenvalue weighted by molar-refractivity contribution is 9.10. The lowest BCUT2D eigenvalue weighted by Crippen LogP contribution is -2.29. The number of nitrogens with zero attached hydrogens (tertiary/aromatic N) is 2. The van der Waals surface area contributed by atoms with E-state index in [0.29, 0.717) is 13.0 Å². The van der Waals surface area contributed by atoms with Crippen LogP contribution in [0.1, 0.15) is 48.3 Å². The van der Waals surface area contributed by atoms with Crippen molar-refractivity contribution in [2.24, 2.45) is 0 Å². The molecule has 5 heteroatoms. The number of halogens is 1. The molecule has 1 unspecified atom stereocenters. The molecule has 0 aliphatic rings. The molecule has 0 bridgehead atoms. The fraction of sp³-hybridized carbons (Fsp3) is 0.444. The van der Waals surface area contributed by atoms with E-state index >= 15 is 0 Å². The molecule has 2 aromatic rings. The van der Waals surface area contributed by atoms with E-state index in [1.165, 1.54) is 5.56 Å². The number of hydrogen-bond donors (Lipinski definition) is 1. The first-order chi connectivity index (χ1) is 10.9. The summed E-state index contributed by atoms with van der Waals surface area (Å²) in [7, 11) is 0. The number of carbonyl (C=O) groups is 1. The molecule has 1 aromatic carbocycles. The van der Waals surface area contributed by atoms with Gasteiger partial charge < -0.3 is 5.32 Å². The zero-order valence-electron chi connectivity index (χ0n) is 14.2. The molecule has 1 heterocycles. The van der Waals surface area contributed by atoms with Crippen LogP contribution in [0.4, 0.5) is 0 Å². The number of benzene rings is 1. The Bertz CT molecular complexity index is 676. The second-order valence-corrected chi connectivity index (χ2v) is 6.69. The minimum absolute atomic E-state index is 0.0566. The van der Waals surface area contributed by atoms with Gasteiger partial charge in [0.1, 0.15) is 0 Å². The van der Waals surface area contributed by atoms with Crippen LogP contribution in [0, 0.1) is 20.8 Å². The van der Waals surface area contributed by atoms with Crippen LogP contribution >= 0.6 is 15.9 Å². The second kappa shape index (κ2) is 7.77. The minimum Gasteiger partial charge on any atom is -0.349 e. The number of nitrogens with one attached hydrogen (secondary N) is 1. The van der Waals surface area contributed by atoms with Crippen molar-refractivity contribution in [3.63, 3.8) is 0 Å². The van der Waals surface area contributed by atoms with E-state index in [-0.39, 0.29) is 11.9 Å². The normalized spacial score (nSPS) is 12.2. The average Bonchev–Trinajstić information content (AvgIpc) is 2.78. The predicted molar refractivity (Wildman–Crippen MR) is 96.4 cm³/mol. The third kappa shape index (κ3) is 4.44. The van der Waals surface area contributed by atoms with Crippen molar-refractivity contribution in [3.05, 3.63) is 51.3 Å². The summed E-state index contributed by atoms with van der Waals surface area (Å²) in [5, 5.41) is 7.56. The van der Waals surface area contributed by atoms with Gasteiger partial charge >= 0.3 is 0 Å². The average molecular weight is 378 g/mol. The lowest BCUT2D eigenvalue weighted by Gasteiger charge is -2.18. The molecule has 1 aromatic heterocycles. The molecule has 0 aliphatic heterocycles. The van der Waals surface area contributed by atoms with Crippen LogP contribution in [0.15, 0.2) is 28.7 Å². The minimum atomic E-state index is 0.0566. The second-order valence-electron chi connectivity index (χ2n) is 5.90. The first kappa shape index (κ1) is 17.7. The Morgan fingerprint density at radius 1 is 1.26 bits per heavy atom. The zero-order chi connectivity index (χ0) is 17.0. The summed E-state index contributed by atoms with van der Waals surface area (Å²) in [4.78, 5) is 12.3. The first-order valence-electron chi connectivity index (χ1n) is 7.97. The van der Waals surface area contributed by atoms with E-state index in [9.17, 15) is 4.79 Å². The summed E-state index contributed by atoms with van der Waals surface area (Å²) >= 11 is 3.51. The summed E-state index contributed by atoms with van der Waals surface area (Å²) < 4.78 is 2.90. The van der Waals surface area contributed by atoms with Crippen molar-refractivity contribution in [2.75, 3.05) is 0 Å². The van der Waals surface area contributed by atoms with Crippen molar-refractivity contribution in [3.8, 4) is 0 Å². The van der Waals surface area contributed by atoms with Crippen LogP contribution in [0.2, 0.25) is 0 Å². The standard InChI is InChI=1S/C18H24BrN3O/c1-5-16(15-8-6-12(2)7-9-15)20-17(23)10-11-22-14(4)18(19)13(3)21-22/h6-9,16H,5,10-11H2,1-4H3,(H,20,23). The lowest BCUT2D eigenvalue weighted by molar-refractivity contribution is -0.122. The van der Waals surface area contributed by atoms with Crippen LogP contribution in [-0.2, 0) is 11.3 Å². The number of rotatable bonds is 6. The molecular formula is C18H24BrN3O. The molecule has 0 fully saturated rings. The van der Waals surface area contributed by atoms with Gasteiger partial charge in [0.15, 0.2) is 0 Å². The molecule has 124 valence electrons. The molecule has 0 saturated heterocycles. The number of amides is 1. The molecule has 0 radical (unpaired) electrons. The predicted octanol–water partition coefficient (Wildman–Crippen LogP) is 4.23. The number of aromatic nitrogens is 2. The Morgan fingerprint density at radius 3 is 2.43 bits per heavy atom. The van der Waals surface area contributed by atoms with Crippen molar-refractivity contribution in [1.29, 1.82) is 0 Å². The lowest BCUT2D eigenvalue weighted by atomic mass is 10.0. The molecule has 0 spiro atoms. The van der Waals surface area contributed by atoms with Crippen LogP contribution in [0.5, 0.6) is 0 Å². The van der Waals surface area contributed by atoms with Gasteiger partial charge in [0.25, 0.3) is 0 Å². The van der Waals surface area contributed by atoms with Gasteiger partial charge in [-0.25, -0.2) is 0 Å². The van der Waals surface area contributed by atoms with Gasteiger partial charge in [-0.3, -0.25) is 9.48 Å². The molecular weight excluding hydrogens is 354 g/mol. The van der Waals surface area contributed by atoms with Crippen LogP contribution in [0.3, 0.4) is 0 Å². The number of hydrogen-bond acceptors (Lipinski definition) is 2. The molecule has 2 rings (SSSR count). The van der Waals surface area contributed by atoms with E-state index in [0.717, 1.165) is 27.8 Å². The summed E-state index contributed by atoms with van der Waals surface area (Å²) in [5.41, 5.74) is 4.39. The SMILES string of the molecule is CCC(NC(=O)CCn1nc(C)c(Br)c1C)c1ccc(C)cc1. The zero-order valence-corrected chi connectivity index (χ0v) is 15.8. The van der Waals surface area contributed by atoms with E-state index < -0.39 is 0 Å². The van der Waals surface area contributed by atoms with Crippen molar-refractivity contribution < 1.29 is 4.79 Å². The van der Waals surface area contributed by atoms with Crippen LogP contribution in [0.25, 0.3) is 0 Å². The van der Waals surface area contributed by atoms with Gasteiger partial charge in [0.2, 0.25) is 5.91 Å². The van der Waals surface area contributed by atoms with Gasteiger partial charge in [-0.05, 0) is 48.7 Å². The maximum atomic E-state index is 12.3. The summed E-state index contributed by atoms with van der Waals surface area (Å²) in [6.45, 7) is 8.70. The van der Waals surface area contributed by atoms with Gasteiger partial charge in [-0.1, -0.05) is 36.8 Å². The molecule has 23 heavy (non-hydrogen) atoms. The smallest absolute Gasteiger partial charge is 0.222 e. The molecule has 1 amide bonds. The molecule has 4 nitrogen and oxygen atoms in total. The van der Waals surface area contributed by atoms with E-state index in [4.69, 9.17) is 0 Å². The van der Waals surface area contributed by atoms with Gasteiger partial charge in [0.05, 0.1) is 22.8 Å². The summed E-state index contributed by atoms with van der Waals surface area (Å²) in [6, 6.07) is 8.40. The van der Waals surface area contributed by atoms with E-state index in [1.807, 2.05) is 18.5 Å². The van der Waals surface area contributed by atoms with Crippen molar-refractivity contribution in [2.45, 2.75) is 53.1 Å². The van der Waals surface area contributed by atoms with E-state index in [1.54, 1.807) is 0 Å². The molecule has 1 atom stereocenters. The summed E-state index contributed by atoms with van der Waals surface area (Å²) in [5.74, 6) is 0.0566. The van der Waals surface area contributed by atoms with Crippen molar-refractivity contribution >= 4 is 21.8 Å². The van der Waals surface area contributed by atoms with Crippen LogP contribution < -0.4 is 5.32 Å². The maximum absolute atomic E-state index is 12.3. The third-order valence-corrected chi connectivity index (χ3v) is 5.21. The highest BCUT2D eigenvalue weighted by Crippen LogP contribution is 2.20. The Hall–Kier alpha value is -1.62. The molecule has 1 N–H and O–H groups in total. The van der Waals surface area contributed by atoms with Crippen LogP contribution in [-0.4, -0.2) is 15.7 Å². The van der Waals surface area contributed by atoms with Crippen molar-refractivity contribution in [1.82, 2.24) is 15.1 Å². The molecule has 0 saturated carbocycles. The van der Waals surface area contributed by atoms with E-state index in [2.05, 4.69) is 64.5 Å². The first-order valence-corrected chi connectivity index (χ1v) is 8.77. The quantitative estimate of drug-likeness (QED) is 0.818. The van der Waals surface area contributed by atoms with Gasteiger partial charge in [-0.2, -0.15) is 5.10 Å². The third-order valence-electron chi connectivity index (χ3n) is 4.07. The fourth-order valence-corrected chi connectivity index (χ4v) is 2.87. The largest absolute Gasteiger partial charge is 0.349 e.